The molecule has 13 heavy (non-hydrogen) atoms. The lowest BCUT2D eigenvalue weighted by molar-refractivity contribution is -0.525. The van der Waals surface area contributed by atoms with Crippen LogP contribution in [0.5, 0.6) is 0 Å². The number of rotatable bonds is 2. The van der Waals surface area contributed by atoms with Crippen molar-refractivity contribution in [2.24, 2.45) is 10.8 Å². The van der Waals surface area contributed by atoms with Crippen LogP contribution < -0.4 is 21.7 Å². The molecule has 0 spiro atoms. The molecular formula is C3H4N5O5-. The van der Waals surface area contributed by atoms with Gasteiger partial charge < -0.3 is 15.6 Å². The molecule has 0 fully saturated rings. The summed E-state index contributed by atoms with van der Waals surface area (Å²) in [7, 11) is 0. The molecule has 0 aromatic rings. The van der Waals surface area contributed by atoms with E-state index in [9.17, 15) is 24.8 Å². The summed E-state index contributed by atoms with van der Waals surface area (Å²) in [4.78, 5) is 29.6. The van der Waals surface area contributed by atoms with Gasteiger partial charge in [-0.15, -0.1) is 5.10 Å². The highest BCUT2D eigenvalue weighted by Gasteiger charge is 2.02. The molecule has 0 aliphatic rings. The molecule has 0 unspecified atom stereocenters. The number of aliphatic carboxylic acids is 1. The van der Waals surface area contributed by atoms with Crippen LogP contribution in [0.3, 0.4) is 0 Å². The van der Waals surface area contributed by atoms with Crippen molar-refractivity contribution in [3.8, 4) is 0 Å². The van der Waals surface area contributed by atoms with Crippen LogP contribution in [0, 0.1) is 10.1 Å². The highest BCUT2D eigenvalue weighted by atomic mass is 16.7. The van der Waals surface area contributed by atoms with E-state index in [0.29, 0.717) is 0 Å². The van der Waals surface area contributed by atoms with Gasteiger partial charge in [0.15, 0.2) is 5.03 Å². The van der Waals surface area contributed by atoms with E-state index in [0.717, 1.165) is 0 Å². The van der Waals surface area contributed by atoms with E-state index in [-0.39, 0.29) is 0 Å². The number of carboxylic acids is 1. The van der Waals surface area contributed by atoms with Crippen molar-refractivity contribution in [2.45, 2.75) is 0 Å². The van der Waals surface area contributed by atoms with E-state index >= 15 is 0 Å². The van der Waals surface area contributed by atoms with Gasteiger partial charge in [-0.25, -0.2) is 15.5 Å². The van der Waals surface area contributed by atoms with Crippen molar-refractivity contribution in [1.82, 2.24) is 10.9 Å². The third-order valence-electron chi connectivity index (χ3n) is 0.669. The molecule has 0 atom stereocenters. The van der Waals surface area contributed by atoms with Crippen LogP contribution in [0.2, 0.25) is 0 Å². The van der Waals surface area contributed by atoms with Gasteiger partial charge in [0, 0.05) is 0 Å². The molecule has 0 aliphatic heterocycles. The Labute approximate surface area is 70.5 Å². The van der Waals surface area contributed by atoms with E-state index in [1.54, 1.807) is 0 Å². The Bertz CT molecular complexity index is 271. The minimum atomic E-state index is -2.03. The molecule has 0 saturated carbocycles. The molecular weight excluding hydrogens is 186 g/mol. The number of hydrazine groups is 1. The summed E-state index contributed by atoms with van der Waals surface area (Å²) in [6.45, 7) is 0. The van der Waals surface area contributed by atoms with Crippen molar-refractivity contribution in [3.63, 3.8) is 0 Å². The number of hydrazone groups is 1. The Hall–Kier alpha value is -2.39. The van der Waals surface area contributed by atoms with Crippen molar-refractivity contribution in [1.29, 1.82) is 0 Å². The molecule has 0 rings (SSSR count). The highest BCUT2D eigenvalue weighted by molar-refractivity contribution is 6.30. The van der Waals surface area contributed by atoms with Crippen LogP contribution in [0.4, 0.5) is 0 Å². The van der Waals surface area contributed by atoms with E-state index < -0.39 is 22.9 Å². The largest absolute Gasteiger partial charge is 0.540 e. The third-order valence-corrected chi connectivity index (χ3v) is 0.669. The first-order valence-corrected chi connectivity index (χ1v) is 2.69. The Balaban J connectivity index is 4.04. The second-order valence-electron chi connectivity index (χ2n) is 1.59. The number of guanidine groups is 1. The van der Waals surface area contributed by atoms with Gasteiger partial charge in [-0.2, -0.15) is 0 Å². The van der Waals surface area contributed by atoms with Gasteiger partial charge in [0.05, 0.1) is 0 Å². The summed E-state index contributed by atoms with van der Waals surface area (Å²) in [5, 5.41) is 21.2. The maximum atomic E-state index is 10.2. The van der Waals surface area contributed by atoms with E-state index in [2.05, 4.69) is 5.10 Å². The summed E-state index contributed by atoms with van der Waals surface area (Å²) in [6, 6.07) is 0. The molecule has 0 aromatic heterocycles. The predicted molar refractivity (Wildman–Crippen MR) is 34.9 cm³/mol. The zero-order chi connectivity index (χ0) is 10.4. The van der Waals surface area contributed by atoms with Gasteiger partial charge in [0.25, 0.3) is 11.9 Å². The number of nitrogens with one attached hydrogen (secondary N) is 2. The first kappa shape index (κ1) is 10.6. The van der Waals surface area contributed by atoms with Crippen LogP contribution >= 0.6 is 0 Å². The van der Waals surface area contributed by atoms with E-state index in [1.807, 2.05) is 0 Å². The number of carbonyl (C=O) groups is 2. The molecule has 0 aromatic carbocycles. The fourth-order valence-corrected chi connectivity index (χ4v) is 0.275. The van der Waals surface area contributed by atoms with Gasteiger partial charge in [0.2, 0.25) is 0 Å². The molecule has 1 amide bonds. The normalized spacial score (nSPS) is 10.3. The second kappa shape index (κ2) is 4.48. The number of amides is 1. The van der Waals surface area contributed by atoms with Crippen molar-refractivity contribution in [2.75, 3.05) is 0 Å². The van der Waals surface area contributed by atoms with E-state index in [4.69, 9.17) is 5.73 Å². The Kier molecular flexibility index (Phi) is 3.66. The quantitative estimate of drug-likeness (QED) is 0.131. The van der Waals surface area contributed by atoms with Crippen molar-refractivity contribution in [3.05, 3.63) is 10.1 Å². The molecule has 0 saturated heterocycles. The van der Waals surface area contributed by atoms with Gasteiger partial charge in [-0.3, -0.25) is 4.79 Å². The maximum absolute atomic E-state index is 10.2. The van der Waals surface area contributed by atoms with Crippen LogP contribution in [0.25, 0.3) is 0 Å². The Morgan fingerprint density at radius 3 is 2.38 bits per heavy atom. The average Bonchev–Trinajstić information content (AvgIpc) is 1.98. The fraction of sp³-hybridized carbons (Fsp3) is 0. The van der Waals surface area contributed by atoms with Gasteiger partial charge in [-0.05, 0) is 0 Å². The average molecular weight is 190 g/mol. The number of nitro groups is 1. The van der Waals surface area contributed by atoms with E-state index in [1.165, 1.54) is 10.9 Å². The molecule has 72 valence electrons. The van der Waals surface area contributed by atoms with Crippen LogP contribution in [0.15, 0.2) is 5.10 Å². The first-order valence-electron chi connectivity index (χ1n) is 2.69. The maximum Gasteiger partial charge on any atom is 0.287 e. The SMILES string of the molecule is NC(=NNC(=O)C(=O)[O-])N[N+](=O)[O-]. The lowest BCUT2D eigenvalue weighted by atomic mass is 10.7. The molecule has 10 heteroatoms. The summed E-state index contributed by atoms with van der Waals surface area (Å²) in [5.74, 6) is -4.36. The van der Waals surface area contributed by atoms with Crippen LogP contribution in [-0.2, 0) is 9.59 Å². The minimum Gasteiger partial charge on any atom is -0.540 e. The number of nitrogens with zero attached hydrogens (tertiary/aromatic N) is 2. The summed E-state index contributed by atoms with van der Waals surface area (Å²) >= 11 is 0. The molecule has 0 heterocycles. The molecule has 10 nitrogen and oxygen atoms in total. The summed E-state index contributed by atoms with van der Waals surface area (Å²) in [5.41, 5.74) is 7.53. The highest BCUT2D eigenvalue weighted by Crippen LogP contribution is 1.64. The third kappa shape index (κ3) is 4.94. The Morgan fingerprint density at radius 2 is 2.00 bits per heavy atom. The van der Waals surface area contributed by atoms with Crippen LogP contribution in [0.1, 0.15) is 0 Å². The standard InChI is InChI=1S/C3H5N5O5/c4-3(7-8(12)13)6-5-1(9)2(10)11/h(H,5,9)(H,10,11)(H3,4,6,7)/p-1. The molecule has 0 radical (unpaired) electrons. The first-order chi connectivity index (χ1) is 5.93. The van der Waals surface area contributed by atoms with Crippen molar-refractivity contribution < 1.29 is 19.7 Å². The number of carbonyl (C=O) groups excluding carboxylic acids is 2. The zero-order valence-corrected chi connectivity index (χ0v) is 6.01. The lowest BCUT2D eigenvalue weighted by Gasteiger charge is -1.99. The van der Waals surface area contributed by atoms with Gasteiger partial charge in [-0.1, -0.05) is 5.43 Å². The topological polar surface area (TPSA) is 163 Å². The zero-order valence-electron chi connectivity index (χ0n) is 6.01. The smallest absolute Gasteiger partial charge is 0.287 e. The number of hydrogen-bond donors (Lipinski definition) is 3. The predicted octanol–water partition coefficient (Wildman–Crippen LogP) is -4.14. The molecule has 4 N–H and O–H groups in total. The second-order valence-corrected chi connectivity index (χ2v) is 1.59. The van der Waals surface area contributed by atoms with Crippen LogP contribution in [-0.4, -0.2) is 22.9 Å². The van der Waals surface area contributed by atoms with Gasteiger partial charge >= 0.3 is 0 Å². The lowest BCUT2D eigenvalue weighted by Crippen LogP contribution is -2.42. The van der Waals surface area contributed by atoms with Gasteiger partial charge in [0.1, 0.15) is 5.97 Å². The monoisotopic (exact) mass is 190 g/mol. The fourth-order valence-electron chi connectivity index (χ4n) is 0.275. The molecule has 0 bridgehead atoms. The number of hydrogen-bond acceptors (Lipinski definition) is 6. The summed E-state index contributed by atoms with van der Waals surface area (Å²) in [6.07, 6.45) is 0. The molecule has 0 aliphatic carbocycles. The minimum absolute atomic E-state index is 0.764. The number of nitrogens with two attached hydrogens (primary N) is 1. The number of carboxylic acid groups (broad SMARTS) is 1. The summed E-state index contributed by atoms with van der Waals surface area (Å²) < 4.78 is 0. The van der Waals surface area contributed by atoms with Crippen molar-refractivity contribution >= 4 is 17.8 Å². The Morgan fingerprint density at radius 1 is 1.46 bits per heavy atom.